The molecule has 0 unspecified atom stereocenters. The van der Waals surface area contributed by atoms with Crippen LogP contribution in [0.4, 0.5) is 5.69 Å². The van der Waals surface area contributed by atoms with Crippen molar-refractivity contribution >= 4 is 22.7 Å². The van der Waals surface area contributed by atoms with Gasteiger partial charge < -0.3 is 23.7 Å². The van der Waals surface area contributed by atoms with Gasteiger partial charge in [0.2, 0.25) is 0 Å². The topological polar surface area (TPSA) is 99.6 Å². The van der Waals surface area contributed by atoms with Crippen molar-refractivity contribution in [1.29, 1.82) is 0 Å². The Morgan fingerprint density at radius 2 is 1.76 bits per heavy atom. The largest absolute Gasteiger partial charge is 0.486 e. The van der Waals surface area contributed by atoms with Gasteiger partial charge in [0.05, 0.1) is 17.2 Å². The molecular weight excluding hydrogens is 422 g/mol. The average molecular weight is 439 g/mol. The summed E-state index contributed by atoms with van der Waals surface area (Å²) in [5.41, 5.74) is 3.01. The minimum atomic E-state index is -0.340. The lowest BCUT2D eigenvalue weighted by atomic mass is 10.0. The zero-order valence-corrected chi connectivity index (χ0v) is 17.3. The molecule has 1 aliphatic heterocycles. The molecule has 2 aromatic carbocycles. The second-order valence-corrected chi connectivity index (χ2v) is 7.42. The van der Waals surface area contributed by atoms with Gasteiger partial charge in [-0.2, -0.15) is 0 Å². The maximum atomic E-state index is 13.5. The number of carbonyl (C=O) groups excluding carboxylic acids is 1. The van der Waals surface area contributed by atoms with E-state index in [4.69, 9.17) is 18.4 Å². The fourth-order valence-electron chi connectivity index (χ4n) is 3.79. The minimum absolute atomic E-state index is 0.245. The van der Waals surface area contributed by atoms with E-state index in [0.29, 0.717) is 58.5 Å². The highest BCUT2D eigenvalue weighted by Gasteiger charge is 2.23. The van der Waals surface area contributed by atoms with Crippen molar-refractivity contribution in [2.24, 2.45) is 0 Å². The number of ether oxygens (including phenoxy) is 2. The molecule has 0 aliphatic carbocycles. The first-order valence-electron chi connectivity index (χ1n) is 10.4. The third-order valence-corrected chi connectivity index (χ3v) is 5.31. The molecule has 8 heteroatoms. The Labute approximate surface area is 187 Å². The molecule has 5 aromatic rings. The van der Waals surface area contributed by atoms with Crippen molar-refractivity contribution in [3.05, 3.63) is 78.6 Å². The first-order valence-corrected chi connectivity index (χ1v) is 10.4. The third-order valence-electron chi connectivity index (χ3n) is 5.31. The van der Waals surface area contributed by atoms with Crippen LogP contribution in [0, 0.1) is 0 Å². The van der Waals surface area contributed by atoms with Crippen LogP contribution in [0.25, 0.3) is 33.8 Å². The molecule has 8 nitrogen and oxygen atoms in total. The molecule has 1 N–H and O–H groups in total. The number of nitrogens with one attached hydrogen (secondary N) is 1. The normalized spacial score (nSPS) is 12.6. The maximum absolute atomic E-state index is 13.5. The summed E-state index contributed by atoms with van der Waals surface area (Å²) in [6.45, 7) is 0.960. The van der Waals surface area contributed by atoms with Crippen LogP contribution < -0.4 is 14.8 Å². The summed E-state index contributed by atoms with van der Waals surface area (Å²) in [6, 6.07) is 20.0. The van der Waals surface area contributed by atoms with Gasteiger partial charge in [-0.3, -0.25) is 4.79 Å². The Morgan fingerprint density at radius 1 is 0.909 bits per heavy atom. The van der Waals surface area contributed by atoms with E-state index < -0.39 is 0 Å². The summed E-state index contributed by atoms with van der Waals surface area (Å²) in [5, 5.41) is 7.67. The van der Waals surface area contributed by atoms with Gasteiger partial charge in [0.15, 0.2) is 17.3 Å². The summed E-state index contributed by atoms with van der Waals surface area (Å²) in [4.78, 5) is 18.0. The standard InChI is InChI=1S/C25H17N3O5/c29-24(26-16-8-9-20-21(13-16)32-12-11-31-20)17-14-18(19-7-4-10-30-19)27-25-22(17)23(28-33-25)15-5-2-1-3-6-15/h1-10,13-14H,11-12H2,(H,26,29). The molecule has 33 heavy (non-hydrogen) atoms. The van der Waals surface area contributed by atoms with E-state index in [9.17, 15) is 4.79 Å². The summed E-state index contributed by atoms with van der Waals surface area (Å²) >= 11 is 0. The van der Waals surface area contributed by atoms with Gasteiger partial charge in [0, 0.05) is 17.3 Å². The van der Waals surface area contributed by atoms with Crippen LogP contribution in [0.3, 0.4) is 0 Å². The molecule has 1 amide bonds. The SMILES string of the molecule is O=C(Nc1ccc2c(c1)OCCO2)c1cc(-c2ccco2)nc2onc(-c3ccccc3)c12. The molecular formula is C25H17N3O5. The van der Waals surface area contributed by atoms with Crippen LogP contribution in [0.1, 0.15) is 10.4 Å². The van der Waals surface area contributed by atoms with Crippen molar-refractivity contribution < 1.29 is 23.2 Å². The van der Waals surface area contributed by atoms with Crippen molar-refractivity contribution in [1.82, 2.24) is 10.1 Å². The lowest BCUT2D eigenvalue weighted by Crippen LogP contribution is -2.16. The van der Waals surface area contributed by atoms with E-state index in [1.165, 1.54) is 0 Å². The number of aromatic nitrogens is 2. The second kappa shape index (κ2) is 7.83. The monoisotopic (exact) mass is 439 g/mol. The molecule has 0 saturated heterocycles. The van der Waals surface area contributed by atoms with Crippen molar-refractivity contribution in [2.45, 2.75) is 0 Å². The first-order chi connectivity index (χ1) is 16.3. The number of anilines is 1. The summed E-state index contributed by atoms with van der Waals surface area (Å²) < 4.78 is 22.2. The maximum Gasteiger partial charge on any atom is 0.259 e. The van der Waals surface area contributed by atoms with Gasteiger partial charge in [-0.15, -0.1) is 0 Å². The smallest absolute Gasteiger partial charge is 0.259 e. The van der Waals surface area contributed by atoms with Gasteiger partial charge in [0.1, 0.15) is 24.6 Å². The van der Waals surface area contributed by atoms with Crippen molar-refractivity contribution in [3.8, 4) is 34.2 Å². The van der Waals surface area contributed by atoms with E-state index >= 15 is 0 Å². The Bertz CT molecular complexity index is 1460. The number of rotatable bonds is 4. The molecule has 0 radical (unpaired) electrons. The number of hydrogen-bond acceptors (Lipinski definition) is 7. The van der Waals surface area contributed by atoms with Crippen molar-refractivity contribution in [2.75, 3.05) is 18.5 Å². The summed E-state index contributed by atoms with van der Waals surface area (Å²) in [7, 11) is 0. The predicted molar refractivity (Wildman–Crippen MR) is 120 cm³/mol. The van der Waals surface area contributed by atoms with E-state index in [-0.39, 0.29) is 11.6 Å². The number of pyridine rings is 1. The summed E-state index contributed by atoms with van der Waals surface area (Å²) in [6.07, 6.45) is 1.55. The number of nitrogens with zero attached hydrogens (tertiary/aromatic N) is 2. The first kappa shape index (κ1) is 19.1. The molecule has 4 heterocycles. The Balaban J connectivity index is 1.46. The molecule has 6 rings (SSSR count). The highest BCUT2D eigenvalue weighted by atomic mass is 16.6. The summed E-state index contributed by atoms with van der Waals surface area (Å²) in [5.74, 6) is 1.41. The molecule has 3 aromatic heterocycles. The van der Waals surface area contributed by atoms with E-state index in [1.54, 1.807) is 42.7 Å². The molecule has 0 fully saturated rings. The third kappa shape index (κ3) is 3.47. The minimum Gasteiger partial charge on any atom is -0.486 e. The zero-order valence-electron chi connectivity index (χ0n) is 17.3. The quantitative estimate of drug-likeness (QED) is 0.412. The van der Waals surface area contributed by atoms with Crippen LogP contribution in [-0.2, 0) is 0 Å². The van der Waals surface area contributed by atoms with Crippen LogP contribution in [-0.4, -0.2) is 29.3 Å². The van der Waals surface area contributed by atoms with E-state index in [1.807, 2.05) is 30.3 Å². The average Bonchev–Trinajstić information content (AvgIpc) is 3.54. The predicted octanol–water partition coefficient (Wildman–Crippen LogP) is 5.17. The van der Waals surface area contributed by atoms with Crippen LogP contribution in [0.2, 0.25) is 0 Å². The highest BCUT2D eigenvalue weighted by molar-refractivity contribution is 6.15. The fourth-order valence-corrected chi connectivity index (χ4v) is 3.79. The number of hydrogen-bond donors (Lipinski definition) is 1. The van der Waals surface area contributed by atoms with Gasteiger partial charge in [-0.05, 0) is 30.3 Å². The lowest BCUT2D eigenvalue weighted by Gasteiger charge is -2.19. The second-order valence-electron chi connectivity index (χ2n) is 7.42. The van der Waals surface area contributed by atoms with Crippen LogP contribution in [0.5, 0.6) is 11.5 Å². The fraction of sp³-hybridized carbons (Fsp3) is 0.0800. The number of furan rings is 1. The number of amides is 1. The molecule has 0 bridgehead atoms. The van der Waals surface area contributed by atoms with E-state index in [2.05, 4.69) is 15.5 Å². The van der Waals surface area contributed by atoms with Crippen LogP contribution >= 0.6 is 0 Å². The van der Waals surface area contributed by atoms with Gasteiger partial charge in [-0.25, -0.2) is 4.98 Å². The van der Waals surface area contributed by atoms with E-state index in [0.717, 1.165) is 5.56 Å². The van der Waals surface area contributed by atoms with Crippen molar-refractivity contribution in [3.63, 3.8) is 0 Å². The number of fused-ring (bicyclic) bond motifs is 2. The molecule has 162 valence electrons. The van der Waals surface area contributed by atoms with Gasteiger partial charge in [-0.1, -0.05) is 35.5 Å². The molecule has 0 saturated carbocycles. The Morgan fingerprint density at radius 3 is 2.58 bits per heavy atom. The molecule has 1 aliphatic rings. The highest BCUT2D eigenvalue weighted by Crippen LogP contribution is 2.35. The lowest BCUT2D eigenvalue weighted by molar-refractivity contribution is 0.102. The Kier molecular flexibility index (Phi) is 4.54. The van der Waals surface area contributed by atoms with Crippen LogP contribution in [0.15, 0.2) is 81.9 Å². The Hall–Kier alpha value is -4.59. The molecule has 0 spiro atoms. The van der Waals surface area contributed by atoms with Gasteiger partial charge >= 0.3 is 0 Å². The zero-order chi connectivity index (χ0) is 22.2. The number of carbonyl (C=O) groups is 1. The number of benzene rings is 2. The van der Waals surface area contributed by atoms with Gasteiger partial charge in [0.25, 0.3) is 11.6 Å². The molecule has 0 atom stereocenters.